The molecule has 2 aliphatic heterocycles. The summed E-state index contributed by atoms with van der Waals surface area (Å²) in [4.78, 5) is 185. The molecule has 2 saturated heterocycles. The van der Waals surface area contributed by atoms with Crippen molar-refractivity contribution in [2.75, 3.05) is 82.1 Å². The van der Waals surface area contributed by atoms with Crippen molar-refractivity contribution in [2.24, 2.45) is 17.8 Å². The van der Waals surface area contributed by atoms with Crippen LogP contribution < -0.4 is 26.0 Å². The van der Waals surface area contributed by atoms with Crippen LogP contribution >= 0.6 is 11.6 Å². The van der Waals surface area contributed by atoms with E-state index in [1.807, 2.05) is 13.8 Å². The average Bonchev–Trinajstić information content (AvgIpc) is 0.763. The largest absolute Gasteiger partial charge is 0.573 e. The van der Waals surface area contributed by atoms with Gasteiger partial charge in [-0.05, 0) is 97.7 Å². The Bertz CT molecular complexity index is 3360. The Labute approximate surface area is 589 Å². The number of rotatable bonds is 14. The molecule has 3 aromatic carbocycles. The average molecular weight is 1420 g/mol. The molecule has 0 radical (unpaired) electrons. The molecule has 4 N–H and O–H groups in total. The van der Waals surface area contributed by atoms with Crippen LogP contribution in [0.25, 0.3) is 0 Å². The highest BCUT2D eigenvalue weighted by atomic mass is 35.5. The SMILES string of the molecule is CC[C@H](C)[C@@H]1NC(=O)[C@H](C)N(C)C(=O)C[C@H](C(=O)N2CCCCC2)NC(=O)[C@H](CC(C)C)N(C)C(=O)[C@H](Cc2ccccc2)N(C)C(=O)[C@H](CC(C)C)NC(=O)[C@H](Cc2cccc(OC(F)(F)F)c2)NC(=O)CN(C)C(=O)[C@H](Cc2ccc(Cl)cc2)N(C)C(=O)CN(C)C(=O)CN(C)C1=O. The summed E-state index contributed by atoms with van der Waals surface area (Å²) in [5.41, 5.74) is 1.18. The smallest absolute Gasteiger partial charge is 0.406 e. The van der Waals surface area contributed by atoms with Gasteiger partial charge in [0.25, 0.3) is 0 Å². The normalized spacial score (nSPS) is 23.5. The third kappa shape index (κ3) is 23.9. The van der Waals surface area contributed by atoms with Gasteiger partial charge >= 0.3 is 6.36 Å². The van der Waals surface area contributed by atoms with Gasteiger partial charge in [-0.1, -0.05) is 114 Å². The molecular formula is C71H100ClF3N12O13. The number of piperidine rings is 1. The van der Waals surface area contributed by atoms with Gasteiger partial charge in [-0.25, -0.2) is 0 Å². The van der Waals surface area contributed by atoms with Crippen molar-refractivity contribution in [2.45, 2.75) is 167 Å². The molecule has 25 nitrogen and oxygen atoms in total. The van der Waals surface area contributed by atoms with Crippen molar-refractivity contribution in [3.63, 3.8) is 0 Å². The molecule has 0 aromatic heterocycles. The fourth-order valence-electron chi connectivity index (χ4n) is 11.9. The lowest BCUT2D eigenvalue weighted by molar-refractivity contribution is -0.274. The minimum absolute atomic E-state index is 0.0185. The number of carbonyl (C=O) groups excluding carboxylic acids is 12. The molecule has 5 rings (SSSR count). The molecule has 0 bridgehead atoms. The molecule has 0 unspecified atom stereocenters. The number of halogens is 4. The second-order valence-corrected chi connectivity index (χ2v) is 27.6. The van der Waals surface area contributed by atoms with E-state index in [0.29, 0.717) is 48.5 Å². The van der Waals surface area contributed by atoms with E-state index in [9.17, 15) is 51.5 Å². The summed E-state index contributed by atoms with van der Waals surface area (Å²) >= 11 is 6.22. The summed E-state index contributed by atoms with van der Waals surface area (Å²) in [5, 5.41) is 11.3. The summed E-state index contributed by atoms with van der Waals surface area (Å²) < 4.78 is 44.9. The van der Waals surface area contributed by atoms with Crippen LogP contribution in [0, 0.1) is 17.8 Å². The van der Waals surface area contributed by atoms with Crippen molar-refractivity contribution in [3.8, 4) is 5.75 Å². The van der Waals surface area contributed by atoms with Gasteiger partial charge in [-0.3, -0.25) is 57.5 Å². The molecule has 0 aliphatic carbocycles. The van der Waals surface area contributed by atoms with E-state index in [-0.39, 0.29) is 43.1 Å². The first-order chi connectivity index (χ1) is 46.9. The summed E-state index contributed by atoms with van der Waals surface area (Å²) in [5.74, 6) is -11.1. The maximum atomic E-state index is 15.5. The molecule has 9 atom stereocenters. The number of ether oxygens (including phenoxy) is 1. The number of likely N-dealkylation sites (tertiary alicyclic amines) is 1. The number of benzene rings is 3. The van der Waals surface area contributed by atoms with Crippen molar-refractivity contribution in [1.82, 2.24) is 60.5 Å². The molecule has 3 aromatic rings. The second-order valence-electron chi connectivity index (χ2n) is 27.2. The van der Waals surface area contributed by atoms with Gasteiger partial charge in [-0.2, -0.15) is 0 Å². The highest BCUT2D eigenvalue weighted by Crippen LogP contribution is 2.26. The van der Waals surface area contributed by atoms with E-state index in [1.54, 1.807) is 87.2 Å². The van der Waals surface area contributed by atoms with Gasteiger partial charge in [0.15, 0.2) is 0 Å². The zero-order chi connectivity index (χ0) is 74.6. The highest BCUT2D eigenvalue weighted by Gasteiger charge is 2.42. The van der Waals surface area contributed by atoms with Crippen molar-refractivity contribution in [3.05, 3.63) is 101 Å². The predicted molar refractivity (Wildman–Crippen MR) is 368 cm³/mol. The number of hydrogen-bond donors (Lipinski definition) is 4. The fraction of sp³-hybridized carbons (Fsp3) is 0.577. The minimum atomic E-state index is -5.11. The van der Waals surface area contributed by atoms with Gasteiger partial charge in [0, 0.05) is 86.7 Å². The number of carbonyl (C=O) groups is 12. The molecule has 0 spiro atoms. The fourth-order valence-corrected chi connectivity index (χ4v) is 12.0. The third-order valence-electron chi connectivity index (χ3n) is 18.3. The van der Waals surface area contributed by atoms with Crippen LogP contribution in [0.2, 0.25) is 5.02 Å². The number of hydrogen-bond acceptors (Lipinski definition) is 13. The third-order valence-corrected chi connectivity index (χ3v) is 18.6. The van der Waals surface area contributed by atoms with Crippen molar-refractivity contribution < 1.29 is 75.4 Å². The van der Waals surface area contributed by atoms with Crippen LogP contribution in [0.15, 0.2) is 78.9 Å². The van der Waals surface area contributed by atoms with Crippen LogP contribution in [-0.2, 0) is 76.8 Å². The molecule has 0 saturated carbocycles. The van der Waals surface area contributed by atoms with Crippen LogP contribution in [0.1, 0.15) is 110 Å². The first-order valence-electron chi connectivity index (χ1n) is 33.8. The van der Waals surface area contributed by atoms with Gasteiger partial charge in [0.1, 0.15) is 54.1 Å². The lowest BCUT2D eigenvalue weighted by atomic mass is 9.97. The Morgan fingerprint density at radius 3 is 1.69 bits per heavy atom. The van der Waals surface area contributed by atoms with Gasteiger partial charge in [0.05, 0.1) is 26.1 Å². The maximum Gasteiger partial charge on any atom is 0.573 e. The number of amides is 12. The number of alkyl halides is 3. The standard InChI is InChI=1S/C71H100ClF3N12O13/c1-15-45(6)62-70(99)82(10)41-60(90)80(8)42-61(91)84(12)56(38-48-27-29-50(72)30-28-48)68(97)81(9)40-58(88)76-52(36-49-25-22-26-51(35-49)100-71(73,74)75)64(93)77-53(33-43(2)3)66(95)86(14)57(37-47-23-18-16-19-24-47)69(98)85(13)55(34-44(4)5)65(94)78-54(67(96)87-31-20-17-21-32-87)39-59(89)83(11)46(7)63(92)79-62/h16,18-19,22-30,35,43-46,52-57,62H,15,17,20-21,31-34,36-42H2,1-14H3,(H,76,88)(H,77,93)(H,78,94)(H,79,92)/t45-,46-,52-,53-,54+,55-,56-,57-,62-/m0/s1. The van der Waals surface area contributed by atoms with Crippen LogP contribution in [0.4, 0.5) is 13.2 Å². The quantitative estimate of drug-likeness (QED) is 0.174. The Morgan fingerprint density at radius 1 is 0.540 bits per heavy atom. The zero-order valence-corrected chi connectivity index (χ0v) is 60.6. The van der Waals surface area contributed by atoms with E-state index >= 15 is 19.2 Å². The minimum Gasteiger partial charge on any atom is -0.406 e. The lowest BCUT2D eigenvalue weighted by Gasteiger charge is -2.37. The first-order valence-corrected chi connectivity index (χ1v) is 34.2. The predicted octanol–water partition coefficient (Wildman–Crippen LogP) is 4.46. The van der Waals surface area contributed by atoms with Gasteiger partial charge in [0.2, 0.25) is 70.9 Å². The van der Waals surface area contributed by atoms with Crippen molar-refractivity contribution >= 4 is 82.5 Å². The van der Waals surface area contributed by atoms with E-state index in [4.69, 9.17) is 11.6 Å². The maximum absolute atomic E-state index is 15.5. The number of likely N-dealkylation sites (N-methyl/N-ethyl adjacent to an activating group) is 7. The Morgan fingerprint density at radius 2 is 1.10 bits per heavy atom. The van der Waals surface area contributed by atoms with Gasteiger partial charge in [-0.15, -0.1) is 13.2 Å². The van der Waals surface area contributed by atoms with Gasteiger partial charge < -0.3 is 65.2 Å². The molecule has 2 fully saturated rings. The number of nitrogens with one attached hydrogen (secondary N) is 4. The van der Waals surface area contributed by atoms with E-state index in [2.05, 4.69) is 26.0 Å². The summed E-state index contributed by atoms with van der Waals surface area (Å²) in [7, 11) is 9.30. The summed E-state index contributed by atoms with van der Waals surface area (Å²) in [6.45, 7) is 10.8. The Balaban J connectivity index is 1.66. The molecular weight excluding hydrogens is 1320 g/mol. The van der Waals surface area contributed by atoms with Crippen LogP contribution in [0.3, 0.4) is 0 Å². The van der Waals surface area contributed by atoms with Crippen LogP contribution in [-0.4, -0.2) is 247 Å². The molecule has 29 heteroatoms. The molecule has 550 valence electrons. The molecule has 2 aliphatic rings. The van der Waals surface area contributed by atoms with E-state index in [0.717, 1.165) is 48.0 Å². The zero-order valence-electron chi connectivity index (χ0n) is 59.9. The molecule has 2 heterocycles. The Hall–Kier alpha value is -8.82. The second kappa shape index (κ2) is 37.6. The topological polar surface area (TPSA) is 288 Å². The van der Waals surface area contributed by atoms with E-state index in [1.165, 1.54) is 73.3 Å². The summed E-state index contributed by atoms with van der Waals surface area (Å²) in [6.07, 6.45) is -4.05. The Kier molecular flexibility index (Phi) is 30.7. The van der Waals surface area contributed by atoms with E-state index < -0.39 is 170 Å². The number of nitrogens with zero attached hydrogens (tertiary/aromatic N) is 8. The first kappa shape index (κ1) is 81.9. The van der Waals surface area contributed by atoms with Crippen LogP contribution in [0.5, 0.6) is 5.75 Å². The lowest BCUT2D eigenvalue weighted by Crippen LogP contribution is -2.61. The molecule has 100 heavy (non-hydrogen) atoms. The highest BCUT2D eigenvalue weighted by molar-refractivity contribution is 6.30. The molecule has 12 amide bonds. The monoisotopic (exact) mass is 1420 g/mol. The van der Waals surface area contributed by atoms with Crippen molar-refractivity contribution in [1.29, 1.82) is 0 Å². The summed E-state index contributed by atoms with van der Waals surface area (Å²) in [6, 6.07) is 8.43.